The minimum absolute atomic E-state index is 0.325. The largest absolute Gasteiger partial charge is 0.458 e. The van der Waals surface area contributed by atoms with Crippen LogP contribution in [0.2, 0.25) is 0 Å². The average molecular weight is 524 g/mol. The van der Waals surface area contributed by atoms with Crippen molar-refractivity contribution in [1.82, 2.24) is 5.32 Å². The lowest BCUT2D eigenvalue weighted by atomic mass is 9.53. The third-order valence-corrected chi connectivity index (χ3v) is 9.27. The number of epoxide rings is 1. The second kappa shape index (κ2) is 9.43. The first-order valence-corrected chi connectivity index (χ1v) is 13.4. The first kappa shape index (κ1) is 26.8. The van der Waals surface area contributed by atoms with Crippen LogP contribution in [0.1, 0.15) is 46.6 Å². The summed E-state index contributed by atoms with van der Waals surface area (Å²) in [5, 5.41) is 26.1. The Morgan fingerprint density at radius 1 is 1.18 bits per heavy atom. The number of rotatable bonds is 3. The molecule has 38 heavy (non-hydrogen) atoms. The zero-order valence-corrected chi connectivity index (χ0v) is 22.5. The molecule has 2 aliphatic carbocycles. The van der Waals surface area contributed by atoms with Gasteiger partial charge in [-0.3, -0.25) is 14.4 Å². The number of hydrogen-bond donors (Lipinski definition) is 3. The molecule has 4 aliphatic rings. The predicted molar refractivity (Wildman–Crippen MR) is 139 cm³/mol. The van der Waals surface area contributed by atoms with E-state index in [0.29, 0.717) is 12.8 Å². The molecule has 0 aromatic heterocycles. The number of carbonyl (C=O) groups is 3. The molecule has 0 unspecified atom stereocenters. The van der Waals surface area contributed by atoms with Crippen LogP contribution in [0.4, 0.5) is 0 Å². The van der Waals surface area contributed by atoms with Gasteiger partial charge in [0.1, 0.15) is 29.3 Å². The molecule has 204 valence electrons. The number of nitrogens with one attached hydrogen (secondary N) is 1. The number of Topliss-reactive ketones (excluding diaryl/α,β-unsaturated/α-hetero) is 1. The van der Waals surface area contributed by atoms with Crippen molar-refractivity contribution in [3.63, 3.8) is 0 Å². The maximum Gasteiger partial charge on any atom is 0.303 e. The van der Waals surface area contributed by atoms with E-state index in [0.717, 1.165) is 16.7 Å². The zero-order valence-electron chi connectivity index (χ0n) is 22.5. The predicted octanol–water partition coefficient (Wildman–Crippen LogP) is 2.27. The van der Waals surface area contributed by atoms with E-state index in [2.05, 4.69) is 5.32 Å². The summed E-state index contributed by atoms with van der Waals surface area (Å²) in [6.07, 6.45) is 0.510. The quantitative estimate of drug-likeness (QED) is 0.315. The fourth-order valence-electron chi connectivity index (χ4n) is 7.27. The molecule has 2 fully saturated rings. The molecule has 2 heterocycles. The van der Waals surface area contributed by atoms with Crippen molar-refractivity contribution in [3.8, 4) is 0 Å². The molecule has 5 rings (SSSR count). The molecule has 1 amide bonds. The fourth-order valence-corrected chi connectivity index (χ4v) is 7.27. The lowest BCUT2D eigenvalue weighted by Crippen LogP contribution is -2.60. The smallest absolute Gasteiger partial charge is 0.303 e. The van der Waals surface area contributed by atoms with E-state index >= 15 is 0 Å². The second-order valence-electron chi connectivity index (χ2n) is 11.6. The number of carbonyl (C=O) groups excluding carboxylic acids is 3. The van der Waals surface area contributed by atoms with E-state index in [1.807, 2.05) is 44.2 Å². The Morgan fingerprint density at radius 3 is 2.53 bits per heavy atom. The van der Waals surface area contributed by atoms with Crippen LogP contribution in [-0.2, 0) is 30.3 Å². The van der Waals surface area contributed by atoms with Crippen molar-refractivity contribution in [2.75, 3.05) is 0 Å². The molecule has 8 heteroatoms. The molecule has 3 N–H and O–H groups in total. The molecule has 1 aromatic carbocycles. The Balaban J connectivity index is 1.72. The zero-order chi connectivity index (χ0) is 27.6. The number of esters is 1. The summed E-state index contributed by atoms with van der Waals surface area (Å²) in [6.45, 7) is 8.23. The fraction of sp³-hybridized carbons (Fsp3) is 0.567. The van der Waals surface area contributed by atoms with Gasteiger partial charge in [0.2, 0.25) is 5.91 Å². The van der Waals surface area contributed by atoms with Gasteiger partial charge in [0.05, 0.1) is 6.10 Å². The number of ether oxygens (including phenoxy) is 2. The number of aliphatic hydroxyl groups excluding tert-OH is 1. The van der Waals surface area contributed by atoms with Crippen LogP contribution in [-0.4, -0.2) is 63.9 Å². The Labute approximate surface area is 223 Å². The highest BCUT2D eigenvalue weighted by Crippen LogP contribution is 2.60. The Morgan fingerprint density at radius 2 is 1.87 bits per heavy atom. The molecule has 1 spiro atoms. The second-order valence-corrected chi connectivity index (χ2v) is 11.6. The van der Waals surface area contributed by atoms with Crippen LogP contribution in [0.5, 0.6) is 0 Å². The summed E-state index contributed by atoms with van der Waals surface area (Å²) in [4.78, 5) is 40.0. The van der Waals surface area contributed by atoms with E-state index in [1.165, 1.54) is 13.8 Å². The van der Waals surface area contributed by atoms with Crippen molar-refractivity contribution in [2.45, 2.75) is 83.5 Å². The molecular weight excluding hydrogens is 486 g/mol. The van der Waals surface area contributed by atoms with Gasteiger partial charge in [0, 0.05) is 30.7 Å². The number of fused-ring (bicyclic) bond motifs is 1. The van der Waals surface area contributed by atoms with Gasteiger partial charge < -0.3 is 25.0 Å². The number of benzene rings is 1. The van der Waals surface area contributed by atoms with Crippen LogP contribution in [0.3, 0.4) is 0 Å². The van der Waals surface area contributed by atoms with Gasteiger partial charge in [-0.2, -0.15) is 0 Å². The molecule has 2 aliphatic heterocycles. The van der Waals surface area contributed by atoms with Crippen LogP contribution in [0.25, 0.3) is 0 Å². The van der Waals surface area contributed by atoms with E-state index in [9.17, 15) is 24.6 Å². The molecular formula is C30H37NO7. The SMILES string of the molecule is CC(=O)O[C@@H]1[C@@H]2O[C@H]2[C@@](C)(O)C(=O)[C@@H](C)C/C=C/[C@H]2[C@H](O)C(C)=C(C)[C@H]3[C@H](Cc4ccccc4)NC(=O)[C@@]123. The van der Waals surface area contributed by atoms with Crippen molar-refractivity contribution in [3.05, 3.63) is 59.2 Å². The van der Waals surface area contributed by atoms with Crippen molar-refractivity contribution in [2.24, 2.45) is 23.2 Å². The third kappa shape index (κ3) is 3.96. The van der Waals surface area contributed by atoms with Gasteiger partial charge >= 0.3 is 5.97 Å². The van der Waals surface area contributed by atoms with E-state index in [-0.39, 0.29) is 17.7 Å². The topological polar surface area (TPSA) is 125 Å². The van der Waals surface area contributed by atoms with E-state index in [1.54, 1.807) is 19.1 Å². The van der Waals surface area contributed by atoms with Crippen molar-refractivity contribution in [1.29, 1.82) is 0 Å². The van der Waals surface area contributed by atoms with Crippen LogP contribution in [0.15, 0.2) is 53.6 Å². The normalized spacial score (nSPS) is 43.2. The monoisotopic (exact) mass is 523 g/mol. The minimum atomic E-state index is -1.82. The minimum Gasteiger partial charge on any atom is -0.458 e. The Hall–Kier alpha value is -2.81. The molecule has 0 saturated carbocycles. The van der Waals surface area contributed by atoms with Gasteiger partial charge in [0.25, 0.3) is 0 Å². The highest BCUT2D eigenvalue weighted by molar-refractivity contribution is 5.91. The van der Waals surface area contributed by atoms with E-state index < -0.39 is 59.2 Å². The molecule has 0 radical (unpaired) electrons. The average Bonchev–Trinajstić information content (AvgIpc) is 3.62. The van der Waals surface area contributed by atoms with Crippen LogP contribution in [0, 0.1) is 23.2 Å². The summed E-state index contributed by atoms with van der Waals surface area (Å²) in [5.74, 6) is -2.99. The molecule has 0 bridgehead atoms. The number of allylic oxidation sites excluding steroid dienone is 1. The first-order valence-electron chi connectivity index (χ1n) is 13.4. The number of amides is 1. The summed E-state index contributed by atoms with van der Waals surface area (Å²) in [7, 11) is 0. The van der Waals surface area contributed by atoms with Crippen LogP contribution >= 0.6 is 0 Å². The van der Waals surface area contributed by atoms with Crippen molar-refractivity contribution >= 4 is 17.7 Å². The Kier molecular flexibility index (Phi) is 6.65. The molecule has 2 saturated heterocycles. The van der Waals surface area contributed by atoms with Gasteiger partial charge in [-0.1, -0.05) is 55.0 Å². The Bertz CT molecular complexity index is 1200. The van der Waals surface area contributed by atoms with Crippen molar-refractivity contribution < 1.29 is 34.1 Å². The number of hydrogen-bond acceptors (Lipinski definition) is 7. The van der Waals surface area contributed by atoms with Gasteiger partial charge in [-0.25, -0.2) is 0 Å². The standard InChI is InChI=1S/C30H37NO7/c1-15-10-9-13-20-23(33)17(3)16(2)22-21(14-19-11-7-6-8-12-19)31-28(35)30(20,22)27(37-18(4)32)24-26(38-24)29(5,36)25(15)34/h6-9,11-13,15,20-24,26-27,33,36H,10,14H2,1-5H3,(H,31,35)/b13-9+/t15-,20-,21-,22-,23+,24+,26+,27+,29-,30-/m0/s1. The summed E-state index contributed by atoms with van der Waals surface area (Å²) in [5.41, 5.74) is -0.550. The maximum absolute atomic E-state index is 14.3. The van der Waals surface area contributed by atoms with Gasteiger partial charge in [-0.15, -0.1) is 0 Å². The lowest BCUT2D eigenvalue weighted by molar-refractivity contribution is -0.169. The van der Waals surface area contributed by atoms with Gasteiger partial charge in [-0.05, 0) is 44.7 Å². The molecule has 1 aromatic rings. The van der Waals surface area contributed by atoms with Crippen LogP contribution < -0.4 is 5.32 Å². The summed E-state index contributed by atoms with van der Waals surface area (Å²) in [6, 6.07) is 9.51. The van der Waals surface area contributed by atoms with Gasteiger partial charge in [0.15, 0.2) is 5.78 Å². The lowest BCUT2D eigenvalue weighted by Gasteiger charge is -2.50. The number of ketones is 1. The maximum atomic E-state index is 14.3. The van der Waals surface area contributed by atoms with E-state index in [4.69, 9.17) is 9.47 Å². The highest BCUT2D eigenvalue weighted by Gasteiger charge is 2.73. The molecule has 8 nitrogen and oxygen atoms in total. The summed E-state index contributed by atoms with van der Waals surface area (Å²) >= 11 is 0. The molecule has 10 atom stereocenters. The third-order valence-electron chi connectivity index (χ3n) is 9.27. The number of aliphatic hydroxyl groups is 2. The highest BCUT2D eigenvalue weighted by atomic mass is 16.6. The summed E-state index contributed by atoms with van der Waals surface area (Å²) < 4.78 is 11.9. The first-order chi connectivity index (χ1) is 17.9.